The Balaban J connectivity index is 3.30. The molecule has 0 saturated carbocycles. The maximum atomic E-state index is 11.2. The van der Waals surface area contributed by atoms with Crippen molar-refractivity contribution in [2.75, 3.05) is 13.2 Å². The van der Waals surface area contributed by atoms with Crippen LogP contribution in [0.25, 0.3) is 0 Å². The molecule has 0 rings (SSSR count). The molecule has 4 heteroatoms. The van der Waals surface area contributed by atoms with Crippen LogP contribution >= 0.6 is 0 Å². The third-order valence-electron chi connectivity index (χ3n) is 3.56. The first-order valence-electron chi connectivity index (χ1n) is 8.80. The fourth-order valence-electron chi connectivity index (χ4n) is 2.30. The molecule has 0 aliphatic rings. The summed E-state index contributed by atoms with van der Waals surface area (Å²) in [4.78, 5) is 11.2. The standard InChI is InChI=1S/C18H34O4/c1-2-22-18(21)16-17(20)14-12-10-8-6-4-3-5-7-9-11-13-15-19/h3-4,17,19-20H,2,5-16H2,1H3/b4-3-. The van der Waals surface area contributed by atoms with Crippen LogP contribution in [0.1, 0.15) is 77.6 Å². The van der Waals surface area contributed by atoms with Crippen molar-refractivity contribution in [2.45, 2.75) is 83.7 Å². The number of ether oxygens (including phenoxy) is 1. The van der Waals surface area contributed by atoms with Gasteiger partial charge in [0.05, 0.1) is 19.1 Å². The van der Waals surface area contributed by atoms with Gasteiger partial charge in [0.1, 0.15) is 0 Å². The molecule has 4 nitrogen and oxygen atoms in total. The highest BCUT2D eigenvalue weighted by Crippen LogP contribution is 2.10. The summed E-state index contributed by atoms with van der Waals surface area (Å²) in [6.07, 6.45) is 14.5. The van der Waals surface area contributed by atoms with Gasteiger partial charge in [-0.1, -0.05) is 37.8 Å². The minimum atomic E-state index is -0.562. The number of esters is 1. The van der Waals surface area contributed by atoms with E-state index in [0.29, 0.717) is 19.6 Å². The molecule has 0 aromatic carbocycles. The molecule has 0 amide bonds. The van der Waals surface area contributed by atoms with Gasteiger partial charge in [0.25, 0.3) is 0 Å². The van der Waals surface area contributed by atoms with Gasteiger partial charge in [-0.25, -0.2) is 0 Å². The maximum absolute atomic E-state index is 11.2. The quantitative estimate of drug-likeness (QED) is 0.274. The van der Waals surface area contributed by atoms with Crippen LogP contribution in [-0.4, -0.2) is 35.5 Å². The lowest BCUT2D eigenvalue weighted by molar-refractivity contribution is -0.145. The zero-order chi connectivity index (χ0) is 16.5. The van der Waals surface area contributed by atoms with E-state index >= 15 is 0 Å². The monoisotopic (exact) mass is 314 g/mol. The second-order valence-electron chi connectivity index (χ2n) is 5.70. The Kier molecular flexibility index (Phi) is 15.8. The molecule has 0 aliphatic carbocycles. The third-order valence-corrected chi connectivity index (χ3v) is 3.56. The lowest BCUT2D eigenvalue weighted by atomic mass is 10.1. The van der Waals surface area contributed by atoms with Gasteiger partial charge < -0.3 is 14.9 Å². The Morgan fingerprint density at radius 1 is 1.00 bits per heavy atom. The molecule has 22 heavy (non-hydrogen) atoms. The predicted octanol–water partition coefficient (Wildman–Crippen LogP) is 3.75. The van der Waals surface area contributed by atoms with Crippen molar-refractivity contribution >= 4 is 5.97 Å². The van der Waals surface area contributed by atoms with Crippen LogP contribution in [0.4, 0.5) is 0 Å². The van der Waals surface area contributed by atoms with Crippen molar-refractivity contribution in [2.24, 2.45) is 0 Å². The van der Waals surface area contributed by atoms with Crippen molar-refractivity contribution in [3.05, 3.63) is 12.2 Å². The lowest BCUT2D eigenvalue weighted by Gasteiger charge is -2.09. The van der Waals surface area contributed by atoms with E-state index in [1.54, 1.807) is 6.92 Å². The summed E-state index contributed by atoms with van der Waals surface area (Å²) in [5.41, 5.74) is 0. The number of carbonyl (C=O) groups excluding carboxylic acids is 1. The van der Waals surface area contributed by atoms with Crippen molar-refractivity contribution < 1.29 is 19.7 Å². The van der Waals surface area contributed by atoms with E-state index in [9.17, 15) is 9.90 Å². The molecule has 1 atom stereocenters. The van der Waals surface area contributed by atoms with Gasteiger partial charge in [-0.05, 0) is 45.4 Å². The minimum Gasteiger partial charge on any atom is -0.466 e. The number of unbranched alkanes of at least 4 members (excludes halogenated alkanes) is 7. The minimum absolute atomic E-state index is 0.115. The first-order chi connectivity index (χ1) is 10.7. The smallest absolute Gasteiger partial charge is 0.308 e. The first kappa shape index (κ1) is 21.1. The van der Waals surface area contributed by atoms with E-state index < -0.39 is 6.10 Å². The Morgan fingerprint density at radius 2 is 1.59 bits per heavy atom. The van der Waals surface area contributed by atoms with Crippen molar-refractivity contribution in [1.82, 2.24) is 0 Å². The van der Waals surface area contributed by atoms with E-state index in [2.05, 4.69) is 12.2 Å². The van der Waals surface area contributed by atoms with Gasteiger partial charge in [0, 0.05) is 6.61 Å². The van der Waals surface area contributed by atoms with Gasteiger partial charge in [-0.2, -0.15) is 0 Å². The second-order valence-corrected chi connectivity index (χ2v) is 5.70. The summed E-state index contributed by atoms with van der Waals surface area (Å²) in [5.74, 6) is -0.308. The number of hydrogen-bond acceptors (Lipinski definition) is 4. The molecule has 0 fully saturated rings. The zero-order valence-corrected chi connectivity index (χ0v) is 14.1. The Bertz CT molecular complexity index is 276. The number of allylic oxidation sites excluding steroid dienone is 2. The topological polar surface area (TPSA) is 66.8 Å². The van der Waals surface area contributed by atoms with Crippen LogP contribution < -0.4 is 0 Å². The lowest BCUT2D eigenvalue weighted by Crippen LogP contribution is -2.15. The molecule has 0 radical (unpaired) electrons. The second kappa shape index (κ2) is 16.5. The molecule has 2 N–H and O–H groups in total. The van der Waals surface area contributed by atoms with E-state index in [-0.39, 0.29) is 12.4 Å². The van der Waals surface area contributed by atoms with Crippen LogP contribution in [0.15, 0.2) is 12.2 Å². The van der Waals surface area contributed by atoms with E-state index in [4.69, 9.17) is 9.84 Å². The van der Waals surface area contributed by atoms with Gasteiger partial charge in [0.15, 0.2) is 0 Å². The molecule has 0 heterocycles. The summed E-state index contributed by atoms with van der Waals surface area (Å²) in [6, 6.07) is 0. The number of rotatable bonds is 15. The molecular formula is C18H34O4. The molecule has 0 bridgehead atoms. The van der Waals surface area contributed by atoms with E-state index in [1.807, 2.05) is 0 Å². The average molecular weight is 314 g/mol. The predicted molar refractivity (Wildman–Crippen MR) is 89.7 cm³/mol. The van der Waals surface area contributed by atoms with Gasteiger partial charge >= 0.3 is 5.97 Å². The Morgan fingerprint density at radius 3 is 2.18 bits per heavy atom. The van der Waals surface area contributed by atoms with Crippen LogP contribution in [-0.2, 0) is 9.53 Å². The summed E-state index contributed by atoms with van der Waals surface area (Å²) >= 11 is 0. The molecule has 0 aromatic rings. The molecular weight excluding hydrogens is 280 g/mol. The van der Waals surface area contributed by atoms with Gasteiger partial charge in [-0.15, -0.1) is 0 Å². The SMILES string of the molecule is CCOC(=O)CC(O)CCCCC/C=C\CCCCCCO. The Hall–Kier alpha value is -0.870. The summed E-state index contributed by atoms with van der Waals surface area (Å²) in [6.45, 7) is 2.45. The fourth-order valence-corrected chi connectivity index (χ4v) is 2.30. The number of aliphatic hydroxyl groups is 2. The number of carbonyl (C=O) groups is 1. The van der Waals surface area contributed by atoms with Crippen LogP contribution in [0.3, 0.4) is 0 Å². The van der Waals surface area contributed by atoms with Crippen LogP contribution in [0.2, 0.25) is 0 Å². The molecule has 0 aromatic heterocycles. The molecule has 0 spiro atoms. The summed E-state index contributed by atoms with van der Waals surface area (Å²) < 4.78 is 4.81. The number of aliphatic hydroxyl groups excluding tert-OH is 2. The maximum Gasteiger partial charge on any atom is 0.308 e. The molecule has 0 aliphatic heterocycles. The zero-order valence-electron chi connectivity index (χ0n) is 14.1. The highest BCUT2D eigenvalue weighted by atomic mass is 16.5. The van der Waals surface area contributed by atoms with Crippen molar-refractivity contribution in [1.29, 1.82) is 0 Å². The largest absolute Gasteiger partial charge is 0.466 e. The van der Waals surface area contributed by atoms with Crippen molar-refractivity contribution in [3.8, 4) is 0 Å². The first-order valence-corrected chi connectivity index (χ1v) is 8.80. The molecule has 0 saturated heterocycles. The normalized spacial score (nSPS) is 12.7. The highest BCUT2D eigenvalue weighted by molar-refractivity contribution is 5.69. The Labute approximate surface area is 135 Å². The van der Waals surface area contributed by atoms with E-state index in [0.717, 1.165) is 44.9 Å². The van der Waals surface area contributed by atoms with Gasteiger partial charge in [-0.3, -0.25) is 4.79 Å². The number of hydrogen-bond donors (Lipinski definition) is 2. The van der Waals surface area contributed by atoms with Gasteiger partial charge in [0.2, 0.25) is 0 Å². The molecule has 130 valence electrons. The van der Waals surface area contributed by atoms with Crippen LogP contribution in [0.5, 0.6) is 0 Å². The summed E-state index contributed by atoms with van der Waals surface area (Å²) in [7, 11) is 0. The average Bonchev–Trinajstić information content (AvgIpc) is 2.48. The van der Waals surface area contributed by atoms with E-state index in [1.165, 1.54) is 12.8 Å². The van der Waals surface area contributed by atoms with Crippen molar-refractivity contribution in [3.63, 3.8) is 0 Å². The molecule has 1 unspecified atom stereocenters. The highest BCUT2D eigenvalue weighted by Gasteiger charge is 2.10. The summed E-state index contributed by atoms with van der Waals surface area (Å²) in [5, 5.41) is 18.3. The fraction of sp³-hybridized carbons (Fsp3) is 0.833. The van der Waals surface area contributed by atoms with Crippen LogP contribution in [0, 0.1) is 0 Å². The third kappa shape index (κ3) is 15.5.